The fraction of sp³-hybridized carbons (Fsp3) is 0.115. The van der Waals surface area contributed by atoms with E-state index in [-0.39, 0.29) is 0 Å². The van der Waals surface area contributed by atoms with Gasteiger partial charge in [0.2, 0.25) is 0 Å². The molecule has 1 heterocycles. The van der Waals surface area contributed by atoms with E-state index < -0.39 is 18.5 Å². The number of nitrogens with zero attached hydrogens (tertiary/aromatic N) is 2. The summed E-state index contributed by atoms with van der Waals surface area (Å²) in [7, 11) is 0. The molecule has 0 aliphatic heterocycles. The third-order valence-corrected chi connectivity index (χ3v) is 5.11. The van der Waals surface area contributed by atoms with Crippen LogP contribution in [0, 0.1) is 13.8 Å². The van der Waals surface area contributed by atoms with E-state index in [4.69, 9.17) is 21.1 Å². The molecule has 1 N–H and O–H groups in total. The number of carbonyl (C=O) groups is 2. The molecule has 0 bridgehead atoms. The van der Waals surface area contributed by atoms with Gasteiger partial charge in [-0.1, -0.05) is 29.8 Å². The van der Waals surface area contributed by atoms with Crippen LogP contribution in [0.4, 0.5) is 5.69 Å². The smallest absolute Gasteiger partial charge is 0.338 e. The standard InChI is InChI=1S/C26H22ClN3O4/c1-17-14-18(2)30(29-17)21-11-8-19(9-12-21)26(32)33-16-25(31)28-23-15-20(27)10-13-24(23)34-22-6-4-3-5-7-22/h3-15H,16H2,1-2H3,(H,28,31). The monoisotopic (exact) mass is 475 g/mol. The lowest BCUT2D eigenvalue weighted by Crippen LogP contribution is -2.21. The molecule has 1 aromatic heterocycles. The Balaban J connectivity index is 1.37. The molecule has 1 amide bonds. The van der Waals surface area contributed by atoms with E-state index in [2.05, 4.69) is 10.4 Å². The van der Waals surface area contributed by atoms with Gasteiger partial charge in [0.15, 0.2) is 12.4 Å². The SMILES string of the molecule is Cc1cc(C)n(-c2ccc(C(=O)OCC(=O)Nc3cc(Cl)ccc3Oc3ccccc3)cc2)n1. The fourth-order valence-electron chi connectivity index (χ4n) is 3.33. The number of hydrogen-bond acceptors (Lipinski definition) is 5. The molecule has 34 heavy (non-hydrogen) atoms. The first-order valence-electron chi connectivity index (χ1n) is 10.5. The first kappa shape index (κ1) is 23.1. The highest BCUT2D eigenvalue weighted by atomic mass is 35.5. The molecule has 4 rings (SSSR count). The number of ether oxygens (including phenoxy) is 2. The molecule has 0 unspecified atom stereocenters. The van der Waals surface area contributed by atoms with Crippen LogP contribution in [0.15, 0.2) is 78.9 Å². The van der Waals surface area contributed by atoms with Gasteiger partial charge in [-0.3, -0.25) is 4.79 Å². The van der Waals surface area contributed by atoms with Crippen LogP contribution in [0.3, 0.4) is 0 Å². The summed E-state index contributed by atoms with van der Waals surface area (Å²) >= 11 is 6.08. The molecule has 0 aliphatic carbocycles. The van der Waals surface area contributed by atoms with Crippen molar-refractivity contribution in [2.75, 3.05) is 11.9 Å². The second-order valence-electron chi connectivity index (χ2n) is 7.57. The van der Waals surface area contributed by atoms with Crippen molar-refractivity contribution in [3.8, 4) is 17.2 Å². The lowest BCUT2D eigenvalue weighted by atomic mass is 10.2. The van der Waals surface area contributed by atoms with Crippen LogP contribution >= 0.6 is 11.6 Å². The maximum absolute atomic E-state index is 12.4. The zero-order valence-electron chi connectivity index (χ0n) is 18.6. The maximum atomic E-state index is 12.4. The van der Waals surface area contributed by atoms with Crippen molar-refractivity contribution in [1.29, 1.82) is 0 Å². The summed E-state index contributed by atoms with van der Waals surface area (Å²) in [5.41, 5.74) is 3.41. The summed E-state index contributed by atoms with van der Waals surface area (Å²) in [5, 5.41) is 7.53. The Morgan fingerprint density at radius 1 is 0.971 bits per heavy atom. The largest absolute Gasteiger partial charge is 0.455 e. The highest BCUT2D eigenvalue weighted by Gasteiger charge is 2.14. The van der Waals surface area contributed by atoms with Crippen molar-refractivity contribution in [2.24, 2.45) is 0 Å². The van der Waals surface area contributed by atoms with Crippen molar-refractivity contribution in [3.05, 3.63) is 101 Å². The summed E-state index contributed by atoms with van der Waals surface area (Å²) in [4.78, 5) is 24.9. The average Bonchev–Trinajstić information content (AvgIpc) is 3.18. The lowest BCUT2D eigenvalue weighted by Gasteiger charge is -2.13. The molecule has 0 atom stereocenters. The topological polar surface area (TPSA) is 82.5 Å². The van der Waals surface area contributed by atoms with E-state index in [1.807, 2.05) is 38.1 Å². The van der Waals surface area contributed by atoms with Crippen molar-refractivity contribution >= 4 is 29.2 Å². The number of halogens is 1. The molecule has 0 saturated carbocycles. The van der Waals surface area contributed by atoms with Crippen LogP contribution in [-0.4, -0.2) is 28.3 Å². The summed E-state index contributed by atoms with van der Waals surface area (Å²) in [6, 6.07) is 22.8. The Kier molecular flexibility index (Phi) is 6.94. The van der Waals surface area contributed by atoms with E-state index in [0.29, 0.717) is 27.8 Å². The quantitative estimate of drug-likeness (QED) is 0.345. The van der Waals surface area contributed by atoms with Crippen molar-refractivity contribution < 1.29 is 19.1 Å². The van der Waals surface area contributed by atoms with Gasteiger partial charge in [-0.2, -0.15) is 5.10 Å². The first-order chi connectivity index (χ1) is 16.4. The molecular formula is C26H22ClN3O4. The van der Waals surface area contributed by atoms with Crippen LogP contribution in [0.2, 0.25) is 5.02 Å². The van der Waals surface area contributed by atoms with Gasteiger partial charge >= 0.3 is 5.97 Å². The van der Waals surface area contributed by atoms with Gasteiger partial charge in [0, 0.05) is 10.7 Å². The number of hydrogen-bond donors (Lipinski definition) is 1. The number of rotatable bonds is 7. The van der Waals surface area contributed by atoms with Gasteiger partial charge < -0.3 is 14.8 Å². The summed E-state index contributed by atoms with van der Waals surface area (Å²) in [5.74, 6) is -0.111. The number of nitrogens with one attached hydrogen (secondary N) is 1. The Morgan fingerprint density at radius 3 is 2.38 bits per heavy atom. The number of amides is 1. The van der Waals surface area contributed by atoms with E-state index in [0.717, 1.165) is 17.1 Å². The predicted molar refractivity (Wildman–Crippen MR) is 130 cm³/mol. The van der Waals surface area contributed by atoms with Crippen molar-refractivity contribution in [2.45, 2.75) is 13.8 Å². The van der Waals surface area contributed by atoms with Gasteiger partial charge in [-0.05, 0) is 74.5 Å². The summed E-state index contributed by atoms with van der Waals surface area (Å²) in [6.45, 7) is 3.41. The van der Waals surface area contributed by atoms with Gasteiger partial charge in [-0.25, -0.2) is 9.48 Å². The van der Waals surface area contributed by atoms with Gasteiger partial charge in [0.25, 0.3) is 5.91 Å². The maximum Gasteiger partial charge on any atom is 0.338 e. The van der Waals surface area contributed by atoms with Crippen LogP contribution in [-0.2, 0) is 9.53 Å². The summed E-state index contributed by atoms with van der Waals surface area (Å²) in [6.07, 6.45) is 0. The van der Waals surface area contributed by atoms with E-state index in [1.54, 1.807) is 59.3 Å². The molecule has 4 aromatic rings. The molecule has 0 fully saturated rings. The van der Waals surface area contributed by atoms with Gasteiger partial charge in [-0.15, -0.1) is 0 Å². The Labute approximate surface area is 201 Å². The molecule has 3 aromatic carbocycles. The minimum absolute atomic E-state index is 0.328. The molecule has 172 valence electrons. The third-order valence-electron chi connectivity index (χ3n) is 4.88. The molecule has 0 radical (unpaired) electrons. The zero-order chi connectivity index (χ0) is 24.1. The molecule has 0 aliphatic rings. The summed E-state index contributed by atoms with van der Waals surface area (Å²) < 4.78 is 12.8. The number of anilines is 1. The van der Waals surface area contributed by atoms with E-state index >= 15 is 0 Å². The van der Waals surface area contributed by atoms with Gasteiger partial charge in [0.1, 0.15) is 5.75 Å². The highest BCUT2D eigenvalue weighted by Crippen LogP contribution is 2.32. The second-order valence-corrected chi connectivity index (χ2v) is 8.00. The van der Waals surface area contributed by atoms with Crippen LogP contribution in [0.5, 0.6) is 11.5 Å². The normalized spacial score (nSPS) is 10.6. The minimum Gasteiger partial charge on any atom is -0.455 e. The van der Waals surface area contributed by atoms with Crippen molar-refractivity contribution in [1.82, 2.24) is 9.78 Å². The second kappa shape index (κ2) is 10.2. The molecule has 0 saturated heterocycles. The number of para-hydroxylation sites is 1. The zero-order valence-corrected chi connectivity index (χ0v) is 19.4. The molecular weight excluding hydrogens is 454 g/mol. The fourth-order valence-corrected chi connectivity index (χ4v) is 3.51. The van der Waals surface area contributed by atoms with Crippen LogP contribution < -0.4 is 10.1 Å². The lowest BCUT2D eigenvalue weighted by molar-refractivity contribution is -0.119. The van der Waals surface area contributed by atoms with E-state index in [9.17, 15) is 9.59 Å². The number of benzene rings is 3. The van der Waals surface area contributed by atoms with Crippen LogP contribution in [0.1, 0.15) is 21.7 Å². The molecule has 8 heteroatoms. The van der Waals surface area contributed by atoms with Crippen molar-refractivity contribution in [3.63, 3.8) is 0 Å². The molecule has 7 nitrogen and oxygen atoms in total. The Morgan fingerprint density at radius 2 is 1.71 bits per heavy atom. The average molecular weight is 476 g/mol. The van der Waals surface area contributed by atoms with Gasteiger partial charge in [0.05, 0.1) is 22.6 Å². The Bertz CT molecular complexity index is 1320. The van der Waals surface area contributed by atoms with E-state index in [1.165, 1.54) is 0 Å². The Hall–Kier alpha value is -4.10. The van der Waals surface area contributed by atoms with Crippen LogP contribution in [0.25, 0.3) is 5.69 Å². The third kappa shape index (κ3) is 5.63. The number of esters is 1. The molecule has 0 spiro atoms. The first-order valence-corrected chi connectivity index (χ1v) is 10.9. The number of aromatic nitrogens is 2. The minimum atomic E-state index is -0.609. The number of carbonyl (C=O) groups excluding carboxylic acids is 2. The highest BCUT2D eigenvalue weighted by molar-refractivity contribution is 6.31. The number of aryl methyl sites for hydroxylation is 2. The predicted octanol–water partition coefficient (Wildman–Crippen LogP) is 5.73.